The third-order valence-corrected chi connectivity index (χ3v) is 3.51. The number of hydrogen-bond acceptors (Lipinski definition) is 4. The highest BCUT2D eigenvalue weighted by atomic mass is 16.5. The lowest BCUT2D eigenvalue weighted by Gasteiger charge is -2.22. The Hall–Kier alpha value is -2.14. The Bertz CT molecular complexity index is 574. The van der Waals surface area contributed by atoms with Crippen LogP contribution in [0, 0.1) is 0 Å². The molecule has 1 aliphatic rings. The van der Waals surface area contributed by atoms with Gasteiger partial charge in [0.1, 0.15) is 17.5 Å². The molecule has 0 aliphatic carbocycles. The van der Waals surface area contributed by atoms with Crippen LogP contribution < -0.4 is 10.6 Å². The first-order chi connectivity index (χ1) is 9.84. The highest BCUT2D eigenvalue weighted by Crippen LogP contribution is 2.25. The molecule has 2 N–H and O–H groups in total. The number of aromatic nitrogens is 1. The van der Waals surface area contributed by atoms with Gasteiger partial charge in [0, 0.05) is 5.69 Å². The van der Waals surface area contributed by atoms with Crippen molar-refractivity contribution in [3.05, 3.63) is 47.9 Å². The second-order valence-corrected chi connectivity index (χ2v) is 4.94. The summed E-state index contributed by atoms with van der Waals surface area (Å²) in [6, 6.07) is 9.49. The summed E-state index contributed by atoms with van der Waals surface area (Å²) in [6.07, 6.45) is 4.71. The third kappa shape index (κ3) is 2.72. The number of amides is 1. The molecule has 1 aromatic heterocycles. The zero-order valence-electron chi connectivity index (χ0n) is 11.1. The molecule has 1 fully saturated rings. The fourth-order valence-electron chi connectivity index (χ4n) is 2.47. The van der Waals surface area contributed by atoms with Crippen molar-refractivity contribution < 1.29 is 9.32 Å². The Kier molecular flexibility index (Phi) is 3.78. The summed E-state index contributed by atoms with van der Waals surface area (Å²) >= 11 is 0. The summed E-state index contributed by atoms with van der Waals surface area (Å²) in [4.78, 5) is 12.3. The van der Waals surface area contributed by atoms with Gasteiger partial charge in [-0.3, -0.25) is 4.79 Å². The van der Waals surface area contributed by atoms with Gasteiger partial charge < -0.3 is 15.2 Å². The summed E-state index contributed by atoms with van der Waals surface area (Å²) in [5.74, 6) is -0.181. The molecule has 20 heavy (non-hydrogen) atoms. The molecule has 2 aromatic rings. The van der Waals surface area contributed by atoms with Crippen LogP contribution in [0.2, 0.25) is 0 Å². The van der Waals surface area contributed by atoms with Gasteiger partial charge in [-0.2, -0.15) is 0 Å². The van der Waals surface area contributed by atoms with Crippen molar-refractivity contribution in [1.82, 2.24) is 10.5 Å². The van der Waals surface area contributed by atoms with E-state index < -0.39 is 0 Å². The zero-order chi connectivity index (χ0) is 13.8. The van der Waals surface area contributed by atoms with Gasteiger partial charge in [0.25, 0.3) is 5.91 Å². The van der Waals surface area contributed by atoms with Gasteiger partial charge in [-0.15, -0.1) is 0 Å². The van der Waals surface area contributed by atoms with Crippen LogP contribution in [0.4, 0.5) is 5.69 Å². The van der Waals surface area contributed by atoms with Crippen LogP contribution in [0.3, 0.4) is 0 Å². The maximum Gasteiger partial charge on any atom is 0.260 e. The number of para-hydroxylation sites is 1. The Morgan fingerprint density at radius 1 is 1.30 bits per heavy atom. The summed E-state index contributed by atoms with van der Waals surface area (Å²) in [5.41, 5.74) is 1.98. The molecule has 1 saturated heterocycles. The molecular formula is C15H17N3O2. The smallest absolute Gasteiger partial charge is 0.260 e. The number of rotatable bonds is 3. The van der Waals surface area contributed by atoms with Gasteiger partial charge in [-0.25, -0.2) is 0 Å². The number of carbonyl (C=O) groups is 1. The SMILES string of the molecule is O=C(Nc1ccccc1)c1conc1[C@@H]1CCCCN1. The fraction of sp³-hybridized carbons (Fsp3) is 0.333. The van der Waals surface area contributed by atoms with E-state index in [0.29, 0.717) is 11.3 Å². The van der Waals surface area contributed by atoms with Crippen molar-refractivity contribution in [2.24, 2.45) is 0 Å². The first-order valence-electron chi connectivity index (χ1n) is 6.88. The number of anilines is 1. The molecule has 0 bridgehead atoms. The number of benzene rings is 1. The van der Waals surface area contributed by atoms with Gasteiger partial charge >= 0.3 is 0 Å². The monoisotopic (exact) mass is 271 g/mol. The van der Waals surface area contributed by atoms with Crippen LogP contribution in [0.25, 0.3) is 0 Å². The van der Waals surface area contributed by atoms with E-state index in [1.54, 1.807) is 0 Å². The molecule has 2 heterocycles. The molecule has 1 aliphatic heterocycles. The average Bonchev–Trinajstić information content (AvgIpc) is 2.99. The highest BCUT2D eigenvalue weighted by Gasteiger charge is 2.24. The standard InChI is InChI=1S/C15H17N3O2/c19-15(17-11-6-2-1-3-7-11)12-10-20-18-14(12)13-8-4-5-9-16-13/h1-3,6-7,10,13,16H,4-5,8-9H2,(H,17,19)/t13-/m0/s1. The lowest BCUT2D eigenvalue weighted by Crippen LogP contribution is -2.28. The van der Waals surface area contributed by atoms with Crippen molar-refractivity contribution in [2.45, 2.75) is 25.3 Å². The Labute approximate surface area is 117 Å². The van der Waals surface area contributed by atoms with Crippen molar-refractivity contribution >= 4 is 11.6 Å². The quantitative estimate of drug-likeness (QED) is 0.900. The Morgan fingerprint density at radius 3 is 2.90 bits per heavy atom. The number of nitrogens with zero attached hydrogens (tertiary/aromatic N) is 1. The van der Waals surface area contributed by atoms with E-state index in [1.165, 1.54) is 12.7 Å². The molecule has 104 valence electrons. The van der Waals surface area contributed by atoms with Crippen LogP contribution in [-0.4, -0.2) is 17.6 Å². The van der Waals surface area contributed by atoms with Crippen LogP contribution >= 0.6 is 0 Å². The van der Waals surface area contributed by atoms with Crippen molar-refractivity contribution in [3.63, 3.8) is 0 Å². The molecule has 3 rings (SSSR count). The molecular weight excluding hydrogens is 254 g/mol. The number of hydrogen-bond donors (Lipinski definition) is 2. The van der Waals surface area contributed by atoms with E-state index in [1.807, 2.05) is 30.3 Å². The van der Waals surface area contributed by atoms with E-state index in [4.69, 9.17) is 4.52 Å². The van der Waals surface area contributed by atoms with E-state index in [9.17, 15) is 4.79 Å². The van der Waals surface area contributed by atoms with Crippen LogP contribution in [0.15, 0.2) is 41.1 Å². The van der Waals surface area contributed by atoms with Gasteiger partial charge in [0.05, 0.1) is 6.04 Å². The van der Waals surface area contributed by atoms with E-state index in [2.05, 4.69) is 15.8 Å². The van der Waals surface area contributed by atoms with E-state index in [0.717, 1.165) is 25.1 Å². The van der Waals surface area contributed by atoms with E-state index in [-0.39, 0.29) is 11.9 Å². The second-order valence-electron chi connectivity index (χ2n) is 4.94. The summed E-state index contributed by atoms with van der Waals surface area (Å²) < 4.78 is 5.01. The van der Waals surface area contributed by atoms with Crippen LogP contribution in [-0.2, 0) is 0 Å². The second kappa shape index (κ2) is 5.88. The fourth-order valence-corrected chi connectivity index (χ4v) is 2.47. The molecule has 5 nitrogen and oxygen atoms in total. The number of nitrogens with one attached hydrogen (secondary N) is 2. The molecule has 0 unspecified atom stereocenters. The summed E-state index contributed by atoms with van der Waals surface area (Å²) in [5, 5.41) is 10.2. The lowest BCUT2D eigenvalue weighted by molar-refractivity contribution is 0.102. The van der Waals surface area contributed by atoms with Gasteiger partial charge in [-0.1, -0.05) is 29.8 Å². The minimum atomic E-state index is -0.181. The maximum atomic E-state index is 12.3. The molecule has 1 atom stereocenters. The molecule has 1 amide bonds. The number of piperidine rings is 1. The largest absolute Gasteiger partial charge is 0.364 e. The minimum Gasteiger partial charge on any atom is -0.364 e. The Balaban J connectivity index is 1.77. The third-order valence-electron chi connectivity index (χ3n) is 3.51. The highest BCUT2D eigenvalue weighted by molar-refractivity contribution is 6.04. The molecule has 0 radical (unpaired) electrons. The van der Waals surface area contributed by atoms with Crippen molar-refractivity contribution in [2.75, 3.05) is 11.9 Å². The van der Waals surface area contributed by atoms with Gasteiger partial charge in [0.15, 0.2) is 0 Å². The normalized spacial score (nSPS) is 18.7. The molecule has 5 heteroatoms. The van der Waals surface area contributed by atoms with Crippen LogP contribution in [0.5, 0.6) is 0 Å². The summed E-state index contributed by atoms with van der Waals surface area (Å²) in [7, 11) is 0. The maximum absolute atomic E-state index is 12.3. The molecule has 1 aromatic carbocycles. The van der Waals surface area contributed by atoms with Crippen molar-refractivity contribution in [1.29, 1.82) is 0 Å². The molecule has 0 spiro atoms. The minimum absolute atomic E-state index is 0.110. The van der Waals surface area contributed by atoms with Crippen molar-refractivity contribution in [3.8, 4) is 0 Å². The predicted octanol–water partition coefficient (Wildman–Crippen LogP) is 2.74. The summed E-state index contributed by atoms with van der Waals surface area (Å²) in [6.45, 7) is 0.956. The average molecular weight is 271 g/mol. The van der Waals surface area contributed by atoms with E-state index >= 15 is 0 Å². The van der Waals surface area contributed by atoms with Crippen LogP contribution in [0.1, 0.15) is 41.4 Å². The lowest BCUT2D eigenvalue weighted by atomic mass is 9.99. The topological polar surface area (TPSA) is 67.2 Å². The van der Waals surface area contributed by atoms with Gasteiger partial charge in [-0.05, 0) is 31.5 Å². The first kappa shape index (κ1) is 12.9. The number of carbonyl (C=O) groups excluding carboxylic acids is 1. The Morgan fingerprint density at radius 2 is 2.15 bits per heavy atom. The predicted molar refractivity (Wildman–Crippen MR) is 75.5 cm³/mol. The van der Waals surface area contributed by atoms with Gasteiger partial charge in [0.2, 0.25) is 0 Å². The first-order valence-corrected chi connectivity index (χ1v) is 6.88. The molecule has 0 saturated carbocycles. The zero-order valence-corrected chi connectivity index (χ0v) is 11.1.